The Morgan fingerprint density at radius 1 is 1.00 bits per heavy atom. The van der Waals surface area contributed by atoms with E-state index in [0.29, 0.717) is 22.6 Å². The number of fused-ring (bicyclic) bond motifs is 2. The lowest BCUT2D eigenvalue weighted by atomic mass is 9.75. The van der Waals surface area contributed by atoms with E-state index in [1.807, 2.05) is 4.90 Å². The second-order valence-electron chi connectivity index (χ2n) is 7.27. The number of carbonyl (C=O) groups excluding carboxylic acids is 3. The van der Waals surface area contributed by atoms with Crippen LogP contribution in [0.1, 0.15) is 63.2 Å². The highest BCUT2D eigenvalue weighted by molar-refractivity contribution is 6.21. The Kier molecular flexibility index (Phi) is 3.66. The van der Waals surface area contributed by atoms with Crippen LogP contribution >= 0.6 is 0 Å². The van der Waals surface area contributed by atoms with Gasteiger partial charge in [0.15, 0.2) is 0 Å². The largest absolute Gasteiger partial charge is 0.338 e. The Morgan fingerprint density at radius 3 is 2.50 bits per heavy atom. The van der Waals surface area contributed by atoms with Crippen molar-refractivity contribution in [2.75, 3.05) is 20.1 Å². The molecule has 2 aliphatic heterocycles. The molecule has 0 N–H and O–H groups in total. The summed E-state index contributed by atoms with van der Waals surface area (Å²) in [6, 6.07) is 4.88. The van der Waals surface area contributed by atoms with Crippen molar-refractivity contribution < 1.29 is 14.4 Å². The van der Waals surface area contributed by atoms with Gasteiger partial charge in [-0.05, 0) is 42.9 Å². The van der Waals surface area contributed by atoms with Crippen LogP contribution in [0.5, 0.6) is 0 Å². The molecule has 0 spiro atoms. The van der Waals surface area contributed by atoms with Crippen LogP contribution < -0.4 is 0 Å². The van der Waals surface area contributed by atoms with E-state index in [0.717, 1.165) is 30.3 Å². The van der Waals surface area contributed by atoms with E-state index in [9.17, 15) is 14.4 Å². The number of imide groups is 1. The number of rotatable bonds is 1. The maximum atomic E-state index is 12.9. The van der Waals surface area contributed by atoms with Crippen molar-refractivity contribution in [2.45, 2.75) is 32.1 Å². The number of piperidine rings is 1. The molecule has 1 saturated heterocycles. The maximum absolute atomic E-state index is 12.9. The summed E-state index contributed by atoms with van der Waals surface area (Å²) >= 11 is 0. The number of hydrogen-bond donors (Lipinski definition) is 0. The molecule has 1 aromatic carbocycles. The molecule has 1 aromatic rings. The topological polar surface area (TPSA) is 57.7 Å². The third-order valence-corrected chi connectivity index (χ3v) is 5.92. The summed E-state index contributed by atoms with van der Waals surface area (Å²) in [5.41, 5.74) is 1.26. The SMILES string of the molecule is CN1C(=O)c2ccc(C(=O)N3CCC4CCCCC4C3)cc2C1=O. The molecular weight excluding hydrogens is 304 g/mol. The van der Waals surface area contributed by atoms with Crippen molar-refractivity contribution in [3.8, 4) is 0 Å². The van der Waals surface area contributed by atoms with E-state index in [1.165, 1.54) is 32.7 Å². The van der Waals surface area contributed by atoms with Gasteiger partial charge in [-0.1, -0.05) is 19.3 Å². The average Bonchev–Trinajstić information content (AvgIpc) is 2.84. The van der Waals surface area contributed by atoms with E-state index < -0.39 is 0 Å². The van der Waals surface area contributed by atoms with Gasteiger partial charge in [-0.3, -0.25) is 19.3 Å². The summed E-state index contributed by atoms with van der Waals surface area (Å²) in [4.78, 5) is 40.0. The Bertz CT molecular complexity index is 727. The molecule has 2 heterocycles. The summed E-state index contributed by atoms with van der Waals surface area (Å²) in [5, 5.41) is 0. The molecule has 5 heteroatoms. The first kappa shape index (κ1) is 15.4. The lowest BCUT2D eigenvalue weighted by Crippen LogP contribution is -2.44. The highest BCUT2D eigenvalue weighted by Gasteiger charge is 2.36. The van der Waals surface area contributed by atoms with Gasteiger partial charge in [0.25, 0.3) is 17.7 Å². The highest BCUT2D eigenvalue weighted by Crippen LogP contribution is 2.36. The van der Waals surface area contributed by atoms with E-state index in [1.54, 1.807) is 18.2 Å². The van der Waals surface area contributed by atoms with Crippen LogP contribution in [0.15, 0.2) is 18.2 Å². The fraction of sp³-hybridized carbons (Fsp3) is 0.526. The van der Waals surface area contributed by atoms with Crippen LogP contribution in [0.3, 0.4) is 0 Å². The van der Waals surface area contributed by atoms with Crippen LogP contribution in [0.2, 0.25) is 0 Å². The van der Waals surface area contributed by atoms with Crippen LogP contribution in [0.4, 0.5) is 0 Å². The summed E-state index contributed by atoms with van der Waals surface area (Å²) in [6.45, 7) is 1.62. The summed E-state index contributed by atoms with van der Waals surface area (Å²) in [7, 11) is 1.47. The summed E-state index contributed by atoms with van der Waals surface area (Å²) < 4.78 is 0. The highest BCUT2D eigenvalue weighted by atomic mass is 16.2. The smallest absolute Gasteiger partial charge is 0.261 e. The fourth-order valence-corrected chi connectivity index (χ4v) is 4.46. The first-order valence-corrected chi connectivity index (χ1v) is 8.82. The van der Waals surface area contributed by atoms with E-state index in [2.05, 4.69) is 0 Å². The van der Waals surface area contributed by atoms with Crippen LogP contribution in [-0.4, -0.2) is 47.7 Å². The zero-order valence-electron chi connectivity index (χ0n) is 14.0. The minimum Gasteiger partial charge on any atom is -0.338 e. The number of amides is 3. The number of hydrogen-bond acceptors (Lipinski definition) is 3. The minimum atomic E-state index is -0.323. The number of likely N-dealkylation sites (tertiary alicyclic amines) is 1. The van der Waals surface area contributed by atoms with Gasteiger partial charge in [-0.15, -0.1) is 0 Å². The van der Waals surface area contributed by atoms with Crippen molar-refractivity contribution in [3.63, 3.8) is 0 Å². The molecular formula is C19H22N2O3. The Balaban J connectivity index is 1.55. The van der Waals surface area contributed by atoms with Gasteiger partial charge in [0.05, 0.1) is 11.1 Å². The molecule has 0 aromatic heterocycles. The van der Waals surface area contributed by atoms with Gasteiger partial charge in [-0.2, -0.15) is 0 Å². The first-order chi connectivity index (χ1) is 11.6. The van der Waals surface area contributed by atoms with Gasteiger partial charge in [-0.25, -0.2) is 0 Å². The normalized spacial score (nSPS) is 26.4. The average molecular weight is 326 g/mol. The second-order valence-corrected chi connectivity index (χ2v) is 7.27. The monoisotopic (exact) mass is 326 g/mol. The summed E-state index contributed by atoms with van der Waals surface area (Å²) in [5.74, 6) is 0.764. The lowest BCUT2D eigenvalue weighted by Gasteiger charge is -2.41. The molecule has 2 fully saturated rings. The zero-order valence-corrected chi connectivity index (χ0v) is 14.0. The number of nitrogens with zero attached hydrogens (tertiary/aromatic N) is 2. The zero-order chi connectivity index (χ0) is 16.8. The molecule has 1 aliphatic carbocycles. The van der Waals surface area contributed by atoms with Gasteiger partial charge >= 0.3 is 0 Å². The Labute approximate surface area is 141 Å². The van der Waals surface area contributed by atoms with Crippen LogP contribution in [-0.2, 0) is 0 Å². The van der Waals surface area contributed by atoms with E-state index in [-0.39, 0.29) is 17.7 Å². The molecule has 0 radical (unpaired) electrons. The van der Waals surface area contributed by atoms with Crippen molar-refractivity contribution in [2.24, 2.45) is 11.8 Å². The first-order valence-electron chi connectivity index (χ1n) is 8.82. The van der Waals surface area contributed by atoms with Crippen molar-refractivity contribution in [1.82, 2.24) is 9.80 Å². The van der Waals surface area contributed by atoms with Crippen molar-refractivity contribution >= 4 is 17.7 Å². The standard InChI is InChI=1S/C19H22N2O3/c1-20-18(23)15-7-6-13(10-16(15)19(20)24)17(22)21-9-8-12-4-2-3-5-14(12)11-21/h6-7,10,12,14H,2-5,8-9,11H2,1H3. The number of carbonyl (C=O) groups is 3. The van der Waals surface area contributed by atoms with E-state index in [4.69, 9.17) is 0 Å². The van der Waals surface area contributed by atoms with Gasteiger partial charge in [0.1, 0.15) is 0 Å². The molecule has 5 nitrogen and oxygen atoms in total. The molecule has 4 rings (SSSR count). The molecule has 0 bridgehead atoms. The molecule has 2 atom stereocenters. The predicted octanol–water partition coefficient (Wildman–Crippen LogP) is 2.56. The fourth-order valence-electron chi connectivity index (χ4n) is 4.46. The number of benzene rings is 1. The predicted molar refractivity (Wildman–Crippen MR) is 88.8 cm³/mol. The molecule has 1 saturated carbocycles. The molecule has 2 unspecified atom stereocenters. The quantitative estimate of drug-likeness (QED) is 0.745. The van der Waals surface area contributed by atoms with Crippen molar-refractivity contribution in [1.29, 1.82) is 0 Å². The minimum absolute atomic E-state index is 0.0170. The molecule has 3 amide bonds. The van der Waals surface area contributed by atoms with E-state index >= 15 is 0 Å². The second kappa shape index (κ2) is 5.72. The maximum Gasteiger partial charge on any atom is 0.261 e. The van der Waals surface area contributed by atoms with Crippen molar-refractivity contribution in [3.05, 3.63) is 34.9 Å². The third kappa shape index (κ3) is 2.34. The lowest BCUT2D eigenvalue weighted by molar-refractivity contribution is 0.0520. The Hall–Kier alpha value is -2.17. The summed E-state index contributed by atoms with van der Waals surface area (Å²) in [6.07, 6.45) is 6.20. The van der Waals surface area contributed by atoms with Gasteiger partial charge in [0.2, 0.25) is 0 Å². The molecule has 126 valence electrons. The van der Waals surface area contributed by atoms with Gasteiger partial charge < -0.3 is 4.90 Å². The third-order valence-electron chi connectivity index (χ3n) is 5.92. The molecule has 3 aliphatic rings. The molecule has 24 heavy (non-hydrogen) atoms. The Morgan fingerprint density at radius 2 is 1.71 bits per heavy atom. The van der Waals surface area contributed by atoms with Crippen LogP contribution in [0, 0.1) is 11.8 Å². The van der Waals surface area contributed by atoms with Crippen LogP contribution in [0.25, 0.3) is 0 Å². The van der Waals surface area contributed by atoms with Gasteiger partial charge in [0, 0.05) is 25.7 Å².